The number of nitrogens with zero attached hydrogens (tertiary/aromatic N) is 2. The zero-order valence-electron chi connectivity index (χ0n) is 15.8. The SMILES string of the molecule is CC(C)CC(=O)Nc1ccc(N(Cc2ccccc2)c2ccccc2)nc1. The monoisotopic (exact) mass is 359 g/mol. The molecule has 0 aliphatic rings. The molecule has 4 nitrogen and oxygen atoms in total. The maximum Gasteiger partial charge on any atom is 0.224 e. The number of aromatic nitrogens is 1. The molecule has 0 atom stereocenters. The van der Waals surface area contributed by atoms with Gasteiger partial charge in [0.25, 0.3) is 0 Å². The predicted molar refractivity (Wildman–Crippen MR) is 111 cm³/mol. The third kappa shape index (κ3) is 5.42. The van der Waals surface area contributed by atoms with Crippen molar-refractivity contribution in [3.63, 3.8) is 0 Å². The van der Waals surface area contributed by atoms with Crippen molar-refractivity contribution >= 4 is 23.1 Å². The quantitative estimate of drug-likeness (QED) is 0.614. The first-order valence-electron chi connectivity index (χ1n) is 9.24. The maximum atomic E-state index is 12.0. The van der Waals surface area contributed by atoms with E-state index in [9.17, 15) is 4.79 Å². The van der Waals surface area contributed by atoms with Crippen LogP contribution < -0.4 is 10.2 Å². The number of pyridine rings is 1. The minimum Gasteiger partial charge on any atom is -0.325 e. The number of benzene rings is 2. The van der Waals surface area contributed by atoms with Gasteiger partial charge in [-0.2, -0.15) is 0 Å². The van der Waals surface area contributed by atoms with E-state index in [2.05, 4.69) is 39.5 Å². The zero-order valence-corrected chi connectivity index (χ0v) is 15.8. The van der Waals surface area contributed by atoms with Crippen LogP contribution in [0.2, 0.25) is 0 Å². The van der Waals surface area contributed by atoms with Crippen LogP contribution in [0.3, 0.4) is 0 Å². The number of hydrogen-bond donors (Lipinski definition) is 1. The number of carbonyl (C=O) groups is 1. The van der Waals surface area contributed by atoms with E-state index in [-0.39, 0.29) is 5.91 Å². The molecule has 1 N–H and O–H groups in total. The molecule has 0 radical (unpaired) electrons. The smallest absolute Gasteiger partial charge is 0.224 e. The Bertz CT molecular complexity index is 846. The van der Waals surface area contributed by atoms with Gasteiger partial charge in [-0.3, -0.25) is 4.79 Å². The summed E-state index contributed by atoms with van der Waals surface area (Å²) in [7, 11) is 0. The van der Waals surface area contributed by atoms with E-state index in [1.54, 1.807) is 6.20 Å². The first-order valence-corrected chi connectivity index (χ1v) is 9.24. The van der Waals surface area contributed by atoms with Gasteiger partial charge in [-0.25, -0.2) is 4.98 Å². The summed E-state index contributed by atoms with van der Waals surface area (Å²) in [5.74, 6) is 1.19. The van der Waals surface area contributed by atoms with E-state index >= 15 is 0 Å². The molecule has 3 aromatic rings. The molecule has 0 saturated carbocycles. The van der Waals surface area contributed by atoms with Gasteiger partial charge < -0.3 is 10.2 Å². The third-order valence-corrected chi connectivity index (χ3v) is 4.15. The largest absolute Gasteiger partial charge is 0.325 e. The first-order chi connectivity index (χ1) is 13.1. The second-order valence-corrected chi connectivity index (χ2v) is 6.96. The molecule has 27 heavy (non-hydrogen) atoms. The zero-order chi connectivity index (χ0) is 19.1. The van der Waals surface area contributed by atoms with Gasteiger partial charge in [-0.1, -0.05) is 62.4 Å². The van der Waals surface area contributed by atoms with Gasteiger partial charge in [-0.05, 0) is 35.7 Å². The van der Waals surface area contributed by atoms with Crippen molar-refractivity contribution in [3.8, 4) is 0 Å². The van der Waals surface area contributed by atoms with Crippen LogP contribution >= 0.6 is 0 Å². The van der Waals surface area contributed by atoms with Crippen LogP contribution in [0.5, 0.6) is 0 Å². The summed E-state index contributed by atoms with van der Waals surface area (Å²) >= 11 is 0. The molecule has 0 spiro atoms. The van der Waals surface area contributed by atoms with Crippen molar-refractivity contribution in [2.75, 3.05) is 10.2 Å². The highest BCUT2D eigenvalue weighted by atomic mass is 16.1. The lowest BCUT2D eigenvalue weighted by atomic mass is 10.1. The summed E-state index contributed by atoms with van der Waals surface area (Å²) in [4.78, 5) is 18.7. The van der Waals surface area contributed by atoms with Crippen LogP contribution in [0, 0.1) is 5.92 Å². The van der Waals surface area contributed by atoms with Crippen molar-refractivity contribution in [3.05, 3.63) is 84.6 Å². The van der Waals surface area contributed by atoms with E-state index in [4.69, 9.17) is 0 Å². The molecule has 2 aromatic carbocycles. The first kappa shape index (κ1) is 18.6. The van der Waals surface area contributed by atoms with Gasteiger partial charge in [0.2, 0.25) is 5.91 Å². The third-order valence-electron chi connectivity index (χ3n) is 4.15. The van der Waals surface area contributed by atoms with Crippen molar-refractivity contribution in [2.45, 2.75) is 26.8 Å². The molecule has 0 bridgehead atoms. The lowest BCUT2D eigenvalue weighted by Crippen LogP contribution is -2.18. The fourth-order valence-corrected chi connectivity index (χ4v) is 2.88. The number of amides is 1. The Morgan fingerprint density at radius 3 is 2.22 bits per heavy atom. The van der Waals surface area contributed by atoms with Crippen LogP contribution in [0.25, 0.3) is 0 Å². The molecule has 1 aromatic heterocycles. The van der Waals surface area contributed by atoms with Crippen molar-refractivity contribution in [1.29, 1.82) is 0 Å². The van der Waals surface area contributed by atoms with Gasteiger partial charge in [0.15, 0.2) is 0 Å². The van der Waals surface area contributed by atoms with E-state index < -0.39 is 0 Å². The van der Waals surface area contributed by atoms with E-state index in [1.165, 1.54) is 5.56 Å². The minimum atomic E-state index is 0.0174. The van der Waals surface area contributed by atoms with Crippen molar-refractivity contribution < 1.29 is 4.79 Å². The molecule has 4 heteroatoms. The van der Waals surface area contributed by atoms with Crippen LogP contribution in [0.4, 0.5) is 17.2 Å². The number of hydrogen-bond acceptors (Lipinski definition) is 3. The Morgan fingerprint density at radius 2 is 1.63 bits per heavy atom. The van der Waals surface area contributed by atoms with Gasteiger partial charge >= 0.3 is 0 Å². The average molecular weight is 359 g/mol. The van der Waals surface area contributed by atoms with E-state index in [0.29, 0.717) is 12.3 Å². The van der Waals surface area contributed by atoms with Crippen LogP contribution in [-0.2, 0) is 11.3 Å². The molecule has 0 unspecified atom stereocenters. The highest BCUT2D eigenvalue weighted by Crippen LogP contribution is 2.26. The van der Waals surface area contributed by atoms with E-state index in [0.717, 1.165) is 23.7 Å². The number of nitrogens with one attached hydrogen (secondary N) is 1. The molecule has 138 valence electrons. The lowest BCUT2D eigenvalue weighted by Gasteiger charge is -2.24. The number of rotatable bonds is 7. The Labute approximate surface area is 160 Å². The van der Waals surface area contributed by atoms with Crippen molar-refractivity contribution in [1.82, 2.24) is 4.98 Å². The highest BCUT2D eigenvalue weighted by molar-refractivity contribution is 5.90. The van der Waals surface area contributed by atoms with Crippen LogP contribution in [0.1, 0.15) is 25.8 Å². The second kappa shape index (κ2) is 8.99. The summed E-state index contributed by atoms with van der Waals surface area (Å²) < 4.78 is 0. The maximum absolute atomic E-state index is 12.0. The number of carbonyl (C=O) groups excluding carboxylic acids is 1. The molecule has 0 fully saturated rings. The minimum absolute atomic E-state index is 0.0174. The van der Waals surface area contributed by atoms with Crippen molar-refractivity contribution in [2.24, 2.45) is 5.92 Å². The van der Waals surface area contributed by atoms with Crippen LogP contribution in [0.15, 0.2) is 79.0 Å². The molecule has 1 heterocycles. The summed E-state index contributed by atoms with van der Waals surface area (Å²) in [6, 6.07) is 24.4. The number of para-hydroxylation sites is 1. The average Bonchev–Trinajstić information content (AvgIpc) is 2.68. The Morgan fingerprint density at radius 1 is 0.963 bits per heavy atom. The summed E-state index contributed by atoms with van der Waals surface area (Å²) in [5, 5.41) is 2.91. The fraction of sp³-hybridized carbons (Fsp3) is 0.217. The topological polar surface area (TPSA) is 45.2 Å². The Kier molecular flexibility index (Phi) is 6.21. The van der Waals surface area contributed by atoms with E-state index in [1.807, 2.05) is 62.4 Å². The standard InChI is InChI=1S/C23H25N3O/c1-18(2)15-23(27)25-20-13-14-22(24-16-20)26(21-11-7-4-8-12-21)17-19-9-5-3-6-10-19/h3-14,16,18H,15,17H2,1-2H3,(H,25,27). The summed E-state index contributed by atoms with van der Waals surface area (Å²) in [6.45, 7) is 4.78. The fourth-order valence-electron chi connectivity index (χ4n) is 2.88. The Balaban J connectivity index is 1.81. The van der Waals surface area contributed by atoms with Gasteiger partial charge in [0.05, 0.1) is 11.9 Å². The highest BCUT2D eigenvalue weighted by Gasteiger charge is 2.12. The molecule has 0 saturated heterocycles. The summed E-state index contributed by atoms with van der Waals surface area (Å²) in [5.41, 5.74) is 3.00. The van der Waals surface area contributed by atoms with Gasteiger partial charge in [0.1, 0.15) is 5.82 Å². The summed E-state index contributed by atoms with van der Waals surface area (Å²) in [6.07, 6.45) is 2.22. The molecular weight excluding hydrogens is 334 g/mol. The second-order valence-electron chi connectivity index (χ2n) is 6.96. The Hall–Kier alpha value is -3.14. The molecule has 0 aliphatic heterocycles. The number of anilines is 3. The lowest BCUT2D eigenvalue weighted by molar-refractivity contribution is -0.116. The molecule has 1 amide bonds. The predicted octanol–water partition coefficient (Wildman–Crippen LogP) is 5.40. The molecule has 3 rings (SSSR count). The van der Waals surface area contributed by atoms with Crippen LogP contribution in [-0.4, -0.2) is 10.9 Å². The van der Waals surface area contributed by atoms with Gasteiger partial charge in [-0.15, -0.1) is 0 Å². The van der Waals surface area contributed by atoms with Gasteiger partial charge in [0, 0.05) is 18.7 Å². The molecule has 0 aliphatic carbocycles. The normalized spacial score (nSPS) is 10.6. The molecular formula is C23H25N3O.